The van der Waals surface area contributed by atoms with Crippen LogP contribution in [0.1, 0.15) is 23.4 Å². The number of rotatable bonds is 5. The van der Waals surface area contributed by atoms with Gasteiger partial charge in [-0.1, -0.05) is 12.2 Å². The number of aliphatic hydroxyl groups is 1. The van der Waals surface area contributed by atoms with Crippen LogP contribution in [0.25, 0.3) is 5.69 Å². The zero-order valence-corrected chi connectivity index (χ0v) is 13.5. The first kappa shape index (κ1) is 15.9. The van der Waals surface area contributed by atoms with Crippen LogP contribution >= 0.6 is 0 Å². The SMILES string of the molecule is Cc1nn(-c2ccc(F)cc2)c(C)c1CN[C@@H]1C=C[C@H](CO)C1. The van der Waals surface area contributed by atoms with Gasteiger partial charge in [-0.05, 0) is 44.5 Å². The third kappa shape index (κ3) is 3.35. The maximum absolute atomic E-state index is 13.1. The van der Waals surface area contributed by atoms with Gasteiger partial charge < -0.3 is 10.4 Å². The fourth-order valence-corrected chi connectivity index (χ4v) is 3.06. The average Bonchev–Trinajstić information content (AvgIpc) is 3.11. The normalized spacial score (nSPS) is 20.3. The molecule has 1 aromatic heterocycles. The number of halogens is 1. The summed E-state index contributed by atoms with van der Waals surface area (Å²) in [7, 11) is 0. The molecule has 0 saturated heterocycles. The van der Waals surface area contributed by atoms with Crippen LogP contribution in [0.2, 0.25) is 0 Å². The van der Waals surface area contributed by atoms with Gasteiger partial charge in [0.2, 0.25) is 0 Å². The molecule has 2 atom stereocenters. The molecule has 1 aliphatic rings. The van der Waals surface area contributed by atoms with E-state index in [1.807, 2.05) is 18.5 Å². The van der Waals surface area contributed by atoms with Crippen molar-refractivity contribution in [3.63, 3.8) is 0 Å². The number of nitrogens with zero attached hydrogens (tertiary/aromatic N) is 2. The Hall–Kier alpha value is -1.98. The summed E-state index contributed by atoms with van der Waals surface area (Å²) in [5.41, 5.74) is 4.05. The quantitative estimate of drug-likeness (QED) is 0.834. The van der Waals surface area contributed by atoms with Gasteiger partial charge in [0.15, 0.2) is 0 Å². The lowest BCUT2D eigenvalue weighted by Gasteiger charge is -2.13. The van der Waals surface area contributed by atoms with Crippen molar-refractivity contribution >= 4 is 0 Å². The Morgan fingerprint density at radius 3 is 2.65 bits per heavy atom. The molecule has 1 heterocycles. The van der Waals surface area contributed by atoms with Crippen LogP contribution in [-0.4, -0.2) is 27.5 Å². The maximum atomic E-state index is 13.1. The van der Waals surface area contributed by atoms with Crippen LogP contribution in [0.5, 0.6) is 0 Å². The highest BCUT2D eigenvalue weighted by Gasteiger charge is 2.19. The highest BCUT2D eigenvalue weighted by atomic mass is 19.1. The first-order valence-electron chi connectivity index (χ1n) is 7.92. The molecule has 0 aliphatic heterocycles. The molecule has 1 aromatic carbocycles. The lowest BCUT2D eigenvalue weighted by molar-refractivity contribution is 0.246. The standard InChI is InChI=1S/C18H22FN3O/c1-12-18(10-20-16-6-3-14(9-16)11-23)13(2)22(21-12)17-7-4-15(19)5-8-17/h3-8,14,16,20,23H,9-11H2,1-2H3/t14-,16+/m0/s1. The molecule has 5 heteroatoms. The summed E-state index contributed by atoms with van der Waals surface area (Å²) in [6.45, 7) is 4.95. The van der Waals surface area contributed by atoms with Gasteiger partial charge in [0.05, 0.1) is 11.4 Å². The lowest BCUT2D eigenvalue weighted by Crippen LogP contribution is -2.26. The van der Waals surface area contributed by atoms with Gasteiger partial charge in [-0.25, -0.2) is 9.07 Å². The topological polar surface area (TPSA) is 50.1 Å². The van der Waals surface area contributed by atoms with Crippen LogP contribution < -0.4 is 5.32 Å². The van der Waals surface area contributed by atoms with Gasteiger partial charge >= 0.3 is 0 Å². The van der Waals surface area contributed by atoms with E-state index in [1.165, 1.54) is 12.1 Å². The summed E-state index contributed by atoms with van der Waals surface area (Å²) < 4.78 is 14.9. The highest BCUT2D eigenvalue weighted by molar-refractivity contribution is 5.37. The zero-order valence-electron chi connectivity index (χ0n) is 13.5. The monoisotopic (exact) mass is 315 g/mol. The molecule has 0 bridgehead atoms. The molecule has 0 radical (unpaired) electrons. The Labute approximate surface area is 135 Å². The number of aromatic nitrogens is 2. The van der Waals surface area contributed by atoms with E-state index in [0.717, 1.165) is 35.6 Å². The molecule has 122 valence electrons. The summed E-state index contributed by atoms with van der Waals surface area (Å²) in [5, 5.41) is 17.3. The van der Waals surface area contributed by atoms with Crippen molar-refractivity contribution in [1.29, 1.82) is 0 Å². The molecule has 2 N–H and O–H groups in total. The van der Waals surface area contributed by atoms with Gasteiger partial charge in [-0.15, -0.1) is 0 Å². The van der Waals surface area contributed by atoms with E-state index in [4.69, 9.17) is 0 Å². The van der Waals surface area contributed by atoms with Crippen LogP contribution in [0.4, 0.5) is 4.39 Å². The lowest BCUT2D eigenvalue weighted by atomic mass is 10.1. The Bertz CT molecular complexity index is 706. The number of benzene rings is 1. The van der Waals surface area contributed by atoms with E-state index in [9.17, 15) is 9.50 Å². The number of nitrogens with one attached hydrogen (secondary N) is 1. The minimum Gasteiger partial charge on any atom is -0.396 e. The van der Waals surface area contributed by atoms with Gasteiger partial charge in [-0.3, -0.25) is 0 Å². The summed E-state index contributed by atoms with van der Waals surface area (Å²) >= 11 is 0. The number of hydrogen-bond acceptors (Lipinski definition) is 3. The second-order valence-corrected chi connectivity index (χ2v) is 6.09. The van der Waals surface area contributed by atoms with Gasteiger partial charge in [-0.2, -0.15) is 5.10 Å². The summed E-state index contributed by atoms with van der Waals surface area (Å²) in [5.74, 6) is 0.0141. The fraction of sp³-hybridized carbons (Fsp3) is 0.389. The smallest absolute Gasteiger partial charge is 0.123 e. The molecule has 0 fully saturated rings. The van der Waals surface area contributed by atoms with Crippen molar-refractivity contribution in [3.05, 3.63) is 59.2 Å². The van der Waals surface area contributed by atoms with E-state index < -0.39 is 0 Å². The Morgan fingerprint density at radius 2 is 2.00 bits per heavy atom. The third-order valence-electron chi connectivity index (χ3n) is 4.46. The maximum Gasteiger partial charge on any atom is 0.123 e. The highest BCUT2D eigenvalue weighted by Crippen LogP contribution is 2.21. The van der Waals surface area contributed by atoms with Gasteiger partial charge in [0.25, 0.3) is 0 Å². The van der Waals surface area contributed by atoms with Crippen molar-refractivity contribution in [1.82, 2.24) is 15.1 Å². The minimum absolute atomic E-state index is 0.204. The number of hydrogen-bond donors (Lipinski definition) is 2. The van der Waals surface area contributed by atoms with Crippen molar-refractivity contribution < 1.29 is 9.50 Å². The molecule has 0 saturated carbocycles. The fourth-order valence-electron chi connectivity index (χ4n) is 3.06. The minimum atomic E-state index is -0.247. The molecule has 3 rings (SSSR count). The average molecular weight is 315 g/mol. The summed E-state index contributed by atoms with van der Waals surface area (Å²) in [6, 6.07) is 6.65. The first-order chi connectivity index (χ1) is 11.1. The Kier molecular flexibility index (Phi) is 4.59. The van der Waals surface area contributed by atoms with E-state index in [0.29, 0.717) is 6.04 Å². The van der Waals surface area contributed by atoms with Gasteiger partial charge in [0.1, 0.15) is 5.82 Å². The van der Waals surface area contributed by atoms with E-state index in [2.05, 4.69) is 22.6 Å². The molecule has 1 aliphatic carbocycles. The number of aryl methyl sites for hydroxylation is 1. The summed E-state index contributed by atoms with van der Waals surface area (Å²) in [4.78, 5) is 0. The molecule has 23 heavy (non-hydrogen) atoms. The first-order valence-corrected chi connectivity index (χ1v) is 7.92. The van der Waals surface area contributed by atoms with E-state index in [-0.39, 0.29) is 18.3 Å². The summed E-state index contributed by atoms with van der Waals surface area (Å²) in [6.07, 6.45) is 5.12. The molecular weight excluding hydrogens is 293 g/mol. The van der Waals surface area contributed by atoms with Crippen LogP contribution in [0.3, 0.4) is 0 Å². The van der Waals surface area contributed by atoms with Crippen LogP contribution in [0, 0.1) is 25.6 Å². The third-order valence-corrected chi connectivity index (χ3v) is 4.46. The van der Waals surface area contributed by atoms with Crippen molar-refractivity contribution in [3.8, 4) is 5.69 Å². The molecule has 2 aromatic rings. The van der Waals surface area contributed by atoms with Crippen molar-refractivity contribution in [2.24, 2.45) is 5.92 Å². The Morgan fingerprint density at radius 1 is 1.26 bits per heavy atom. The van der Waals surface area contributed by atoms with Crippen LogP contribution in [0.15, 0.2) is 36.4 Å². The van der Waals surface area contributed by atoms with E-state index >= 15 is 0 Å². The Balaban J connectivity index is 1.73. The van der Waals surface area contributed by atoms with Crippen molar-refractivity contribution in [2.75, 3.05) is 6.61 Å². The predicted octanol–water partition coefficient (Wildman–Crippen LogP) is 2.65. The van der Waals surface area contributed by atoms with Crippen molar-refractivity contribution in [2.45, 2.75) is 32.9 Å². The number of aliphatic hydroxyl groups excluding tert-OH is 1. The molecule has 0 spiro atoms. The predicted molar refractivity (Wildman–Crippen MR) is 88.0 cm³/mol. The zero-order chi connectivity index (χ0) is 16.4. The van der Waals surface area contributed by atoms with Gasteiger partial charge in [0, 0.05) is 36.4 Å². The van der Waals surface area contributed by atoms with E-state index in [1.54, 1.807) is 12.1 Å². The molecular formula is C18H22FN3O. The second-order valence-electron chi connectivity index (χ2n) is 6.09. The molecule has 0 amide bonds. The molecule has 4 nitrogen and oxygen atoms in total. The molecule has 0 unspecified atom stereocenters. The van der Waals surface area contributed by atoms with Crippen LogP contribution in [-0.2, 0) is 6.54 Å². The second kappa shape index (κ2) is 6.64. The largest absolute Gasteiger partial charge is 0.396 e.